The number of hydrogen-bond donors (Lipinski definition) is 2. The summed E-state index contributed by atoms with van der Waals surface area (Å²) in [5.74, 6) is -1.33. The minimum Gasteiger partial charge on any atom is -0.453 e. The maximum atomic E-state index is 12.8. The van der Waals surface area contributed by atoms with Crippen LogP contribution in [0, 0.1) is 0 Å². The topological polar surface area (TPSA) is 75.6 Å². The fraction of sp³-hybridized carbons (Fsp3) is 0.182. The molecule has 3 aromatic rings. The van der Waals surface area contributed by atoms with Gasteiger partial charge in [-0.3, -0.25) is 4.79 Å². The maximum absolute atomic E-state index is 12.8. The van der Waals surface area contributed by atoms with Gasteiger partial charge in [-0.15, -0.1) is 11.3 Å². The second-order valence-electron chi connectivity index (χ2n) is 6.32. The Kier molecular flexibility index (Phi) is 6.23. The van der Waals surface area contributed by atoms with Crippen molar-refractivity contribution >= 4 is 23.2 Å². The van der Waals surface area contributed by atoms with Crippen molar-refractivity contribution in [3.63, 3.8) is 0 Å². The molecule has 2 N–H and O–H groups in total. The van der Waals surface area contributed by atoms with Gasteiger partial charge in [-0.05, 0) is 29.5 Å². The third-order valence-corrected chi connectivity index (χ3v) is 5.42. The summed E-state index contributed by atoms with van der Waals surface area (Å²) in [4.78, 5) is 26.0. The number of hydrogen-bond acceptors (Lipinski definition) is 5. The molecule has 3 rings (SSSR count). The van der Waals surface area contributed by atoms with Gasteiger partial charge in [0.15, 0.2) is 6.61 Å². The van der Waals surface area contributed by atoms with Crippen LogP contribution in [0.1, 0.15) is 29.0 Å². The van der Waals surface area contributed by atoms with Crippen molar-refractivity contribution in [3.05, 3.63) is 94.2 Å². The Balaban J connectivity index is 1.73. The minimum absolute atomic E-state index is 0.187. The number of benzene rings is 2. The van der Waals surface area contributed by atoms with Gasteiger partial charge in [-0.2, -0.15) is 0 Å². The number of amides is 1. The van der Waals surface area contributed by atoms with Gasteiger partial charge in [-0.1, -0.05) is 66.7 Å². The molecule has 1 aromatic heterocycles. The number of rotatable bonds is 7. The van der Waals surface area contributed by atoms with Crippen molar-refractivity contribution in [3.8, 4) is 0 Å². The van der Waals surface area contributed by atoms with E-state index in [9.17, 15) is 14.7 Å². The molecule has 0 saturated carbocycles. The largest absolute Gasteiger partial charge is 0.453 e. The predicted molar refractivity (Wildman–Crippen MR) is 108 cm³/mol. The summed E-state index contributed by atoms with van der Waals surface area (Å²) in [6, 6.07) is 20.7. The van der Waals surface area contributed by atoms with Crippen molar-refractivity contribution in [2.75, 3.05) is 6.61 Å². The van der Waals surface area contributed by atoms with Gasteiger partial charge in [-0.25, -0.2) is 4.79 Å². The molecule has 0 aliphatic heterocycles. The van der Waals surface area contributed by atoms with Crippen molar-refractivity contribution in [2.45, 2.75) is 18.6 Å². The lowest BCUT2D eigenvalue weighted by atomic mass is 9.86. The summed E-state index contributed by atoms with van der Waals surface area (Å²) < 4.78 is 5.20. The highest BCUT2D eigenvalue weighted by Crippen LogP contribution is 2.31. The molecule has 0 aliphatic carbocycles. The van der Waals surface area contributed by atoms with Gasteiger partial charge in [0.05, 0.1) is 6.04 Å². The zero-order valence-electron chi connectivity index (χ0n) is 15.4. The highest BCUT2D eigenvalue weighted by Gasteiger charge is 2.41. The fourth-order valence-electron chi connectivity index (χ4n) is 2.89. The number of esters is 1. The Morgan fingerprint density at radius 3 is 2.07 bits per heavy atom. The number of aliphatic hydroxyl groups is 1. The molecule has 5 nitrogen and oxygen atoms in total. The molecule has 1 unspecified atom stereocenters. The first kappa shape index (κ1) is 19.8. The van der Waals surface area contributed by atoms with E-state index in [1.54, 1.807) is 60.7 Å². The van der Waals surface area contributed by atoms with E-state index in [0.717, 1.165) is 4.88 Å². The Morgan fingerprint density at radius 1 is 1.00 bits per heavy atom. The monoisotopic (exact) mass is 395 g/mol. The van der Waals surface area contributed by atoms with Crippen LogP contribution in [0.4, 0.5) is 0 Å². The third-order valence-electron chi connectivity index (χ3n) is 4.36. The van der Waals surface area contributed by atoms with Crippen molar-refractivity contribution in [1.29, 1.82) is 0 Å². The van der Waals surface area contributed by atoms with Crippen LogP contribution < -0.4 is 5.32 Å². The summed E-state index contributed by atoms with van der Waals surface area (Å²) in [6.07, 6.45) is 0. The summed E-state index contributed by atoms with van der Waals surface area (Å²) in [5.41, 5.74) is -1.25. The number of ether oxygens (including phenoxy) is 1. The number of carbonyl (C=O) groups is 2. The molecule has 1 atom stereocenters. The number of carbonyl (C=O) groups excluding carboxylic acids is 2. The lowest BCUT2D eigenvalue weighted by molar-refractivity contribution is -0.164. The van der Waals surface area contributed by atoms with E-state index in [1.165, 1.54) is 11.3 Å². The molecule has 1 heterocycles. The van der Waals surface area contributed by atoms with Crippen molar-refractivity contribution < 1.29 is 19.4 Å². The molecule has 0 fully saturated rings. The fourth-order valence-corrected chi connectivity index (χ4v) is 3.62. The zero-order valence-corrected chi connectivity index (χ0v) is 16.2. The highest BCUT2D eigenvalue weighted by atomic mass is 32.1. The van der Waals surface area contributed by atoms with Crippen molar-refractivity contribution in [1.82, 2.24) is 5.32 Å². The van der Waals surface area contributed by atoms with Crippen LogP contribution in [0.15, 0.2) is 78.2 Å². The van der Waals surface area contributed by atoms with E-state index >= 15 is 0 Å². The summed E-state index contributed by atoms with van der Waals surface area (Å²) in [6.45, 7) is 1.38. The Labute approximate surface area is 167 Å². The van der Waals surface area contributed by atoms with Crippen LogP contribution in [-0.2, 0) is 19.9 Å². The van der Waals surface area contributed by atoms with E-state index in [0.29, 0.717) is 11.1 Å². The third kappa shape index (κ3) is 4.30. The molecule has 0 spiro atoms. The first-order chi connectivity index (χ1) is 13.5. The van der Waals surface area contributed by atoms with E-state index in [1.807, 2.05) is 24.4 Å². The molecule has 144 valence electrons. The van der Waals surface area contributed by atoms with Gasteiger partial charge >= 0.3 is 5.97 Å². The average molecular weight is 395 g/mol. The standard InChI is InChI=1S/C22H21NO4S/c1-16(19-13-8-14-28-19)23-20(24)15-27-21(25)22(26,17-9-4-2-5-10-17)18-11-6-3-7-12-18/h2-14,16,26H,15H2,1H3,(H,23,24). The quantitative estimate of drug-likeness (QED) is 0.601. The molecule has 6 heteroatoms. The zero-order chi connectivity index (χ0) is 20.0. The van der Waals surface area contributed by atoms with Crippen molar-refractivity contribution in [2.24, 2.45) is 0 Å². The van der Waals surface area contributed by atoms with E-state index in [4.69, 9.17) is 4.74 Å². The molecule has 0 radical (unpaired) electrons. The molecule has 28 heavy (non-hydrogen) atoms. The first-order valence-corrected chi connectivity index (χ1v) is 9.73. The molecule has 0 saturated heterocycles. The molecular weight excluding hydrogens is 374 g/mol. The second kappa shape index (κ2) is 8.82. The predicted octanol–water partition coefficient (Wildman–Crippen LogP) is 3.40. The van der Waals surface area contributed by atoms with Gasteiger partial charge in [0.1, 0.15) is 0 Å². The molecule has 1 amide bonds. The molecular formula is C22H21NO4S. The molecule has 0 bridgehead atoms. The van der Waals surface area contributed by atoms with Gasteiger partial charge in [0.25, 0.3) is 5.91 Å². The summed E-state index contributed by atoms with van der Waals surface area (Å²) >= 11 is 1.53. The van der Waals surface area contributed by atoms with Crippen LogP contribution in [0.2, 0.25) is 0 Å². The second-order valence-corrected chi connectivity index (χ2v) is 7.30. The van der Waals surface area contributed by atoms with Crippen LogP contribution >= 0.6 is 11.3 Å². The number of nitrogens with one attached hydrogen (secondary N) is 1. The first-order valence-electron chi connectivity index (χ1n) is 8.85. The SMILES string of the molecule is CC(NC(=O)COC(=O)C(O)(c1ccccc1)c1ccccc1)c1cccs1. The lowest BCUT2D eigenvalue weighted by Crippen LogP contribution is -2.40. The van der Waals surface area contributed by atoms with Gasteiger partial charge in [0, 0.05) is 4.88 Å². The van der Waals surface area contributed by atoms with E-state index in [-0.39, 0.29) is 6.04 Å². The Bertz CT molecular complexity index is 871. The van der Waals surface area contributed by atoms with Gasteiger partial charge in [0.2, 0.25) is 5.60 Å². The highest BCUT2D eigenvalue weighted by molar-refractivity contribution is 7.10. The maximum Gasteiger partial charge on any atom is 0.348 e. The average Bonchev–Trinajstić information content (AvgIpc) is 3.28. The Hall–Kier alpha value is -2.96. The summed E-state index contributed by atoms with van der Waals surface area (Å²) in [7, 11) is 0. The van der Waals surface area contributed by atoms with E-state index in [2.05, 4.69) is 5.32 Å². The molecule has 0 aliphatic rings. The normalized spacial score (nSPS) is 12.2. The summed E-state index contributed by atoms with van der Waals surface area (Å²) in [5, 5.41) is 16.0. The lowest BCUT2D eigenvalue weighted by Gasteiger charge is -2.27. The van der Waals surface area contributed by atoms with Crippen LogP contribution in [-0.4, -0.2) is 23.6 Å². The number of thiophene rings is 1. The van der Waals surface area contributed by atoms with Crippen LogP contribution in [0.3, 0.4) is 0 Å². The smallest absolute Gasteiger partial charge is 0.348 e. The minimum atomic E-state index is -2.00. The Morgan fingerprint density at radius 2 is 1.57 bits per heavy atom. The van der Waals surface area contributed by atoms with Crippen LogP contribution in [0.5, 0.6) is 0 Å². The molecule has 2 aromatic carbocycles. The van der Waals surface area contributed by atoms with Gasteiger partial charge < -0.3 is 15.2 Å². The van der Waals surface area contributed by atoms with Crippen LogP contribution in [0.25, 0.3) is 0 Å². The van der Waals surface area contributed by atoms with E-state index < -0.39 is 24.1 Å².